The summed E-state index contributed by atoms with van der Waals surface area (Å²) in [5.41, 5.74) is 0. The SMILES string of the molecule is C[C@H]1CCCN(C(=O)CO)C1. The number of hydrogen-bond donors (Lipinski definition) is 1. The zero-order chi connectivity index (χ0) is 8.27. The minimum atomic E-state index is -0.341. The summed E-state index contributed by atoms with van der Waals surface area (Å²) in [5.74, 6) is 0.468. The van der Waals surface area contributed by atoms with Crippen molar-refractivity contribution in [2.45, 2.75) is 19.8 Å². The number of rotatable bonds is 1. The van der Waals surface area contributed by atoms with Gasteiger partial charge in [0.25, 0.3) is 0 Å². The van der Waals surface area contributed by atoms with Crippen molar-refractivity contribution in [3.63, 3.8) is 0 Å². The average molecular weight is 157 g/mol. The summed E-state index contributed by atoms with van der Waals surface area (Å²) in [6, 6.07) is 0. The molecule has 0 radical (unpaired) electrons. The van der Waals surface area contributed by atoms with Crippen LogP contribution in [0.5, 0.6) is 0 Å². The number of aliphatic hydroxyl groups excluding tert-OH is 1. The first kappa shape index (κ1) is 8.53. The van der Waals surface area contributed by atoms with Gasteiger partial charge in [0.2, 0.25) is 5.91 Å². The number of carbonyl (C=O) groups is 1. The lowest BCUT2D eigenvalue weighted by molar-refractivity contribution is -0.135. The number of nitrogens with zero attached hydrogens (tertiary/aromatic N) is 1. The molecule has 0 bridgehead atoms. The van der Waals surface area contributed by atoms with Crippen LogP contribution in [0, 0.1) is 5.92 Å². The van der Waals surface area contributed by atoms with E-state index in [1.165, 1.54) is 6.42 Å². The van der Waals surface area contributed by atoms with Gasteiger partial charge >= 0.3 is 0 Å². The Labute approximate surface area is 67.0 Å². The van der Waals surface area contributed by atoms with E-state index in [0.29, 0.717) is 5.92 Å². The molecule has 64 valence electrons. The zero-order valence-electron chi connectivity index (χ0n) is 6.92. The summed E-state index contributed by atoms with van der Waals surface area (Å²) >= 11 is 0. The lowest BCUT2D eigenvalue weighted by Crippen LogP contribution is -2.40. The molecule has 0 unspecified atom stereocenters. The second kappa shape index (κ2) is 3.72. The average Bonchev–Trinajstić information content (AvgIpc) is 2.03. The molecule has 1 rings (SSSR count). The van der Waals surface area contributed by atoms with Gasteiger partial charge in [-0.25, -0.2) is 0 Å². The molecule has 1 fully saturated rings. The predicted molar refractivity (Wildman–Crippen MR) is 42.1 cm³/mol. The summed E-state index contributed by atoms with van der Waals surface area (Å²) in [5, 5.41) is 8.58. The number of aliphatic hydroxyl groups is 1. The van der Waals surface area contributed by atoms with E-state index in [1.54, 1.807) is 4.90 Å². The van der Waals surface area contributed by atoms with E-state index >= 15 is 0 Å². The summed E-state index contributed by atoms with van der Waals surface area (Å²) in [7, 11) is 0. The maximum absolute atomic E-state index is 11.0. The number of likely N-dealkylation sites (tertiary alicyclic amines) is 1. The molecular formula is C8H15NO2. The highest BCUT2D eigenvalue weighted by molar-refractivity contribution is 5.77. The molecule has 1 N–H and O–H groups in total. The number of amides is 1. The van der Waals surface area contributed by atoms with Gasteiger partial charge in [0, 0.05) is 13.1 Å². The van der Waals surface area contributed by atoms with E-state index in [0.717, 1.165) is 19.5 Å². The smallest absolute Gasteiger partial charge is 0.248 e. The molecule has 1 aliphatic rings. The maximum atomic E-state index is 11.0. The molecule has 0 aromatic carbocycles. The van der Waals surface area contributed by atoms with E-state index in [2.05, 4.69) is 6.92 Å². The Hall–Kier alpha value is -0.570. The molecule has 0 aromatic rings. The van der Waals surface area contributed by atoms with E-state index < -0.39 is 0 Å². The fraction of sp³-hybridized carbons (Fsp3) is 0.875. The lowest BCUT2D eigenvalue weighted by Gasteiger charge is -2.30. The first-order valence-electron chi connectivity index (χ1n) is 4.12. The third-order valence-corrected chi connectivity index (χ3v) is 2.14. The summed E-state index contributed by atoms with van der Waals surface area (Å²) < 4.78 is 0. The van der Waals surface area contributed by atoms with Crippen molar-refractivity contribution in [2.24, 2.45) is 5.92 Å². The molecule has 0 aliphatic carbocycles. The number of carbonyl (C=O) groups excluding carboxylic acids is 1. The second-order valence-corrected chi connectivity index (χ2v) is 3.25. The second-order valence-electron chi connectivity index (χ2n) is 3.25. The molecule has 3 heteroatoms. The molecule has 1 atom stereocenters. The van der Waals surface area contributed by atoms with Crippen LogP contribution in [-0.2, 0) is 4.79 Å². The van der Waals surface area contributed by atoms with Crippen molar-refractivity contribution >= 4 is 5.91 Å². The summed E-state index contributed by atoms with van der Waals surface area (Å²) in [6.07, 6.45) is 2.28. The Kier molecular flexibility index (Phi) is 2.88. The van der Waals surface area contributed by atoms with Crippen LogP contribution in [0.2, 0.25) is 0 Å². The fourth-order valence-electron chi connectivity index (χ4n) is 1.52. The normalized spacial score (nSPS) is 25.3. The Morgan fingerprint density at radius 2 is 2.45 bits per heavy atom. The summed E-state index contributed by atoms with van der Waals surface area (Å²) in [4.78, 5) is 12.7. The van der Waals surface area contributed by atoms with Crippen LogP contribution in [-0.4, -0.2) is 35.6 Å². The van der Waals surface area contributed by atoms with Crippen LogP contribution in [0.3, 0.4) is 0 Å². The fourth-order valence-corrected chi connectivity index (χ4v) is 1.52. The van der Waals surface area contributed by atoms with Gasteiger partial charge in [0.1, 0.15) is 6.61 Å². The van der Waals surface area contributed by atoms with Crippen molar-refractivity contribution in [2.75, 3.05) is 19.7 Å². The topological polar surface area (TPSA) is 40.5 Å². The predicted octanol–water partition coefficient (Wildman–Crippen LogP) is 0.237. The molecule has 0 aromatic heterocycles. The molecule has 1 amide bonds. The van der Waals surface area contributed by atoms with Crippen LogP contribution in [0.25, 0.3) is 0 Å². The van der Waals surface area contributed by atoms with Gasteiger partial charge in [-0.15, -0.1) is 0 Å². The number of piperidine rings is 1. The first-order valence-corrected chi connectivity index (χ1v) is 4.12. The van der Waals surface area contributed by atoms with Crippen LogP contribution in [0.4, 0.5) is 0 Å². The van der Waals surface area contributed by atoms with Gasteiger partial charge in [-0.3, -0.25) is 4.79 Å². The zero-order valence-corrected chi connectivity index (χ0v) is 6.92. The maximum Gasteiger partial charge on any atom is 0.248 e. The molecule has 3 nitrogen and oxygen atoms in total. The highest BCUT2D eigenvalue weighted by Crippen LogP contribution is 2.14. The van der Waals surface area contributed by atoms with Crippen LogP contribution < -0.4 is 0 Å². The van der Waals surface area contributed by atoms with Gasteiger partial charge in [-0.1, -0.05) is 6.92 Å². The Morgan fingerprint density at radius 1 is 1.73 bits per heavy atom. The highest BCUT2D eigenvalue weighted by atomic mass is 16.3. The third-order valence-electron chi connectivity index (χ3n) is 2.14. The van der Waals surface area contributed by atoms with Crippen LogP contribution in [0.1, 0.15) is 19.8 Å². The van der Waals surface area contributed by atoms with Crippen molar-refractivity contribution < 1.29 is 9.90 Å². The van der Waals surface area contributed by atoms with Crippen LogP contribution >= 0.6 is 0 Å². The van der Waals surface area contributed by atoms with E-state index in [4.69, 9.17) is 5.11 Å². The minimum absolute atomic E-state index is 0.128. The standard InChI is InChI=1S/C8H15NO2/c1-7-3-2-4-9(5-7)8(11)6-10/h7,10H,2-6H2,1H3/t7-/m0/s1. The van der Waals surface area contributed by atoms with Gasteiger partial charge in [-0.05, 0) is 18.8 Å². The highest BCUT2D eigenvalue weighted by Gasteiger charge is 2.19. The van der Waals surface area contributed by atoms with E-state index in [9.17, 15) is 4.79 Å². The molecule has 1 saturated heterocycles. The lowest BCUT2D eigenvalue weighted by atomic mass is 10.0. The van der Waals surface area contributed by atoms with Crippen molar-refractivity contribution in [1.29, 1.82) is 0 Å². The summed E-state index contributed by atoms with van der Waals surface area (Å²) in [6.45, 7) is 3.44. The van der Waals surface area contributed by atoms with Gasteiger partial charge < -0.3 is 10.0 Å². The molecule has 0 spiro atoms. The van der Waals surface area contributed by atoms with Crippen molar-refractivity contribution in [1.82, 2.24) is 4.90 Å². The third kappa shape index (κ3) is 2.19. The molecular weight excluding hydrogens is 142 g/mol. The van der Waals surface area contributed by atoms with Crippen LogP contribution in [0.15, 0.2) is 0 Å². The van der Waals surface area contributed by atoms with Gasteiger partial charge in [0.05, 0.1) is 0 Å². The largest absolute Gasteiger partial charge is 0.387 e. The Balaban J connectivity index is 2.39. The van der Waals surface area contributed by atoms with E-state index in [-0.39, 0.29) is 12.5 Å². The van der Waals surface area contributed by atoms with E-state index in [1.807, 2.05) is 0 Å². The van der Waals surface area contributed by atoms with Gasteiger partial charge in [-0.2, -0.15) is 0 Å². The quantitative estimate of drug-likeness (QED) is 0.592. The Morgan fingerprint density at radius 3 is 3.00 bits per heavy atom. The van der Waals surface area contributed by atoms with Crippen molar-refractivity contribution in [3.8, 4) is 0 Å². The number of hydrogen-bond acceptors (Lipinski definition) is 2. The minimum Gasteiger partial charge on any atom is -0.387 e. The Bertz CT molecular complexity index is 147. The molecule has 0 saturated carbocycles. The molecule has 1 heterocycles. The van der Waals surface area contributed by atoms with Gasteiger partial charge in [0.15, 0.2) is 0 Å². The molecule has 11 heavy (non-hydrogen) atoms. The monoisotopic (exact) mass is 157 g/mol. The molecule has 1 aliphatic heterocycles. The first-order chi connectivity index (χ1) is 5.24. The van der Waals surface area contributed by atoms with Crippen molar-refractivity contribution in [3.05, 3.63) is 0 Å².